The number of nitrogens with one attached hydrogen (secondary N) is 1. The number of ether oxygens (including phenoxy) is 1. The van der Waals surface area contributed by atoms with Crippen molar-refractivity contribution in [2.24, 2.45) is 0 Å². The molecule has 25 heavy (non-hydrogen) atoms. The van der Waals surface area contributed by atoms with Gasteiger partial charge in [0.2, 0.25) is 5.78 Å². The van der Waals surface area contributed by atoms with Crippen molar-refractivity contribution >= 4 is 11.9 Å². The summed E-state index contributed by atoms with van der Waals surface area (Å²) >= 11 is 0. The highest BCUT2D eigenvalue weighted by molar-refractivity contribution is 6.14. The number of benzene rings is 1. The van der Waals surface area contributed by atoms with Crippen molar-refractivity contribution in [3.8, 4) is 11.5 Å². The minimum Gasteiger partial charge on any atom is -0.507 e. The first-order valence-electron chi connectivity index (χ1n) is 8.80. The van der Waals surface area contributed by atoms with Gasteiger partial charge < -0.3 is 19.2 Å². The third-order valence-electron chi connectivity index (χ3n) is 4.37. The highest BCUT2D eigenvalue weighted by atomic mass is 16.5. The molecule has 1 aliphatic rings. The van der Waals surface area contributed by atoms with E-state index in [9.17, 15) is 9.90 Å². The van der Waals surface area contributed by atoms with Crippen LogP contribution in [0.1, 0.15) is 48.4 Å². The number of furan rings is 1. The van der Waals surface area contributed by atoms with Crippen LogP contribution in [0.5, 0.6) is 11.5 Å². The Labute approximate surface area is 147 Å². The van der Waals surface area contributed by atoms with Crippen LogP contribution in [-0.4, -0.2) is 24.0 Å². The number of allylic oxidation sites excluding steroid dienone is 1. The number of Topliss-reactive ketones (excluding diaryl/α,β-unsaturated/α-hetero) is 1. The number of quaternary nitrogens is 1. The highest BCUT2D eigenvalue weighted by Crippen LogP contribution is 2.39. The van der Waals surface area contributed by atoms with Gasteiger partial charge in [-0.2, -0.15) is 0 Å². The third kappa shape index (κ3) is 3.61. The summed E-state index contributed by atoms with van der Waals surface area (Å²) in [5.74, 6) is 1.26. The molecule has 5 nitrogen and oxygen atoms in total. The lowest BCUT2D eigenvalue weighted by molar-refractivity contribution is -0.914. The van der Waals surface area contributed by atoms with Gasteiger partial charge >= 0.3 is 0 Å². The summed E-state index contributed by atoms with van der Waals surface area (Å²) in [4.78, 5) is 14.0. The average molecular weight is 342 g/mol. The number of rotatable bonds is 7. The van der Waals surface area contributed by atoms with Gasteiger partial charge in [0.05, 0.1) is 30.5 Å². The Hall–Kier alpha value is -2.53. The fourth-order valence-electron chi connectivity index (χ4n) is 3.23. The Morgan fingerprint density at radius 1 is 1.16 bits per heavy atom. The van der Waals surface area contributed by atoms with Gasteiger partial charge in [-0.05, 0) is 37.1 Å². The predicted octanol–water partition coefficient (Wildman–Crippen LogP) is 2.81. The molecule has 5 heteroatoms. The van der Waals surface area contributed by atoms with Crippen molar-refractivity contribution < 1.29 is 24.0 Å². The molecular formula is C20H24NO4+. The summed E-state index contributed by atoms with van der Waals surface area (Å²) in [6.07, 6.45) is 5.27. The smallest absolute Gasteiger partial charge is 0.232 e. The Balaban J connectivity index is 1.92. The van der Waals surface area contributed by atoms with Gasteiger partial charge in [-0.1, -0.05) is 13.8 Å². The predicted molar refractivity (Wildman–Crippen MR) is 94.7 cm³/mol. The molecule has 0 atom stereocenters. The lowest BCUT2D eigenvalue weighted by Crippen LogP contribution is -3.10. The van der Waals surface area contributed by atoms with E-state index < -0.39 is 0 Å². The van der Waals surface area contributed by atoms with Crippen LogP contribution in [0.15, 0.2) is 40.7 Å². The molecule has 1 aromatic carbocycles. The summed E-state index contributed by atoms with van der Waals surface area (Å²) in [5, 5.41) is 10.3. The second-order valence-corrected chi connectivity index (χ2v) is 6.32. The van der Waals surface area contributed by atoms with Crippen molar-refractivity contribution in [3.63, 3.8) is 0 Å². The van der Waals surface area contributed by atoms with Gasteiger partial charge in [0, 0.05) is 6.08 Å². The van der Waals surface area contributed by atoms with Gasteiger partial charge in [-0.3, -0.25) is 4.79 Å². The minimum atomic E-state index is -0.180. The summed E-state index contributed by atoms with van der Waals surface area (Å²) in [5.41, 5.74) is 1.20. The lowest BCUT2D eigenvalue weighted by atomic mass is 10.0. The maximum Gasteiger partial charge on any atom is 0.232 e. The fourth-order valence-corrected chi connectivity index (χ4v) is 3.23. The summed E-state index contributed by atoms with van der Waals surface area (Å²) < 4.78 is 11.1. The molecule has 2 N–H and O–H groups in total. The first-order valence-corrected chi connectivity index (χ1v) is 8.80. The van der Waals surface area contributed by atoms with E-state index in [1.165, 1.54) is 4.90 Å². The van der Waals surface area contributed by atoms with Crippen LogP contribution in [0.2, 0.25) is 0 Å². The monoisotopic (exact) mass is 342 g/mol. The minimum absolute atomic E-state index is 0.176. The van der Waals surface area contributed by atoms with E-state index in [4.69, 9.17) is 9.15 Å². The summed E-state index contributed by atoms with van der Waals surface area (Å²) in [6.45, 7) is 6.96. The Morgan fingerprint density at radius 2 is 1.92 bits per heavy atom. The molecule has 0 bridgehead atoms. The van der Waals surface area contributed by atoms with Gasteiger partial charge in [-0.15, -0.1) is 0 Å². The molecule has 0 radical (unpaired) electrons. The number of fused-ring (bicyclic) bond motifs is 1. The maximum atomic E-state index is 12.6. The quantitative estimate of drug-likeness (QED) is 0.760. The molecule has 1 aromatic heterocycles. The zero-order valence-electron chi connectivity index (χ0n) is 14.7. The number of hydrogen-bond acceptors (Lipinski definition) is 4. The first kappa shape index (κ1) is 17.3. The number of hydrogen-bond donors (Lipinski definition) is 2. The van der Waals surface area contributed by atoms with Crippen molar-refractivity contribution in [2.45, 2.75) is 33.2 Å². The van der Waals surface area contributed by atoms with Crippen molar-refractivity contribution in [2.75, 3.05) is 13.1 Å². The SMILES string of the molecule is CCC[NH+](CCC)Cc1c(O)ccc2c1O/C(=C\c1ccco1)C2=O. The molecule has 2 aromatic rings. The topological polar surface area (TPSA) is 64.1 Å². The number of carbonyl (C=O) groups excluding carboxylic acids is 1. The Bertz CT molecular complexity index is 771. The third-order valence-corrected chi connectivity index (χ3v) is 4.37. The van der Waals surface area contributed by atoms with Gasteiger partial charge in [-0.25, -0.2) is 0 Å². The van der Waals surface area contributed by atoms with E-state index >= 15 is 0 Å². The van der Waals surface area contributed by atoms with Crippen molar-refractivity contribution in [1.29, 1.82) is 0 Å². The van der Waals surface area contributed by atoms with Crippen LogP contribution >= 0.6 is 0 Å². The second-order valence-electron chi connectivity index (χ2n) is 6.32. The average Bonchev–Trinajstić information content (AvgIpc) is 3.20. The van der Waals surface area contributed by atoms with E-state index in [1.54, 1.807) is 36.6 Å². The molecule has 3 rings (SSSR count). The zero-order chi connectivity index (χ0) is 17.8. The van der Waals surface area contributed by atoms with E-state index in [2.05, 4.69) is 13.8 Å². The van der Waals surface area contributed by atoms with Gasteiger partial charge in [0.25, 0.3) is 0 Å². The van der Waals surface area contributed by atoms with E-state index in [0.29, 0.717) is 29.2 Å². The number of ketones is 1. The maximum absolute atomic E-state index is 12.6. The first-order chi connectivity index (χ1) is 12.1. The number of phenolic OH excluding ortho intramolecular Hbond substituents is 1. The number of carbonyl (C=O) groups is 1. The molecule has 0 amide bonds. The molecular weight excluding hydrogens is 318 g/mol. The van der Waals surface area contributed by atoms with Crippen molar-refractivity contribution in [1.82, 2.24) is 0 Å². The fraction of sp³-hybridized carbons (Fsp3) is 0.350. The molecule has 132 valence electrons. The number of aromatic hydroxyl groups is 1. The Kier molecular flexibility index (Phi) is 5.24. The van der Waals surface area contributed by atoms with Crippen LogP contribution in [-0.2, 0) is 6.54 Å². The summed E-state index contributed by atoms with van der Waals surface area (Å²) in [6, 6.07) is 6.73. The largest absolute Gasteiger partial charge is 0.507 e. The van der Waals surface area contributed by atoms with Crippen LogP contribution in [0.3, 0.4) is 0 Å². The molecule has 1 aliphatic heterocycles. The summed E-state index contributed by atoms with van der Waals surface area (Å²) in [7, 11) is 0. The molecule has 2 heterocycles. The van der Waals surface area contributed by atoms with Crippen LogP contribution in [0.25, 0.3) is 6.08 Å². The normalized spacial score (nSPS) is 15.0. The molecule has 0 saturated heterocycles. The van der Waals surface area contributed by atoms with Crippen LogP contribution < -0.4 is 9.64 Å². The van der Waals surface area contributed by atoms with Gasteiger partial charge in [0.15, 0.2) is 11.5 Å². The van der Waals surface area contributed by atoms with Gasteiger partial charge in [0.1, 0.15) is 18.1 Å². The molecule has 0 fully saturated rings. The van der Waals surface area contributed by atoms with Crippen LogP contribution in [0, 0.1) is 0 Å². The molecule has 0 aliphatic carbocycles. The molecule has 0 unspecified atom stereocenters. The van der Waals surface area contributed by atoms with E-state index in [-0.39, 0.29) is 17.3 Å². The highest BCUT2D eigenvalue weighted by Gasteiger charge is 2.32. The van der Waals surface area contributed by atoms with Crippen LogP contribution in [0.4, 0.5) is 0 Å². The van der Waals surface area contributed by atoms with E-state index in [1.807, 2.05) is 0 Å². The molecule has 0 saturated carbocycles. The van der Waals surface area contributed by atoms with E-state index in [0.717, 1.165) is 25.9 Å². The Morgan fingerprint density at radius 3 is 2.56 bits per heavy atom. The second kappa shape index (κ2) is 7.57. The zero-order valence-corrected chi connectivity index (χ0v) is 14.7. The standard InChI is InChI=1S/C20H23NO4/c1-3-9-21(10-4-2)13-16-17(22)8-7-15-19(23)18(25-20(15)16)12-14-6-5-11-24-14/h5-8,11-12,22H,3-4,9-10,13H2,1-2H3/p+1/b18-12-. The lowest BCUT2D eigenvalue weighted by Gasteiger charge is -2.19. The van der Waals surface area contributed by atoms with Crippen molar-refractivity contribution in [3.05, 3.63) is 53.2 Å². The molecule has 0 spiro atoms. The number of phenols is 1.